The Labute approximate surface area is 188 Å². The van der Waals surface area contributed by atoms with Crippen LogP contribution in [0.4, 0.5) is 0 Å². The predicted molar refractivity (Wildman–Crippen MR) is 120 cm³/mol. The fourth-order valence-corrected chi connectivity index (χ4v) is 3.61. The van der Waals surface area contributed by atoms with Crippen LogP contribution in [0.1, 0.15) is 40.4 Å². The minimum atomic E-state index is -0.612. The summed E-state index contributed by atoms with van der Waals surface area (Å²) in [6.45, 7) is 3.36. The largest absolute Gasteiger partial charge is 0.497 e. The van der Waals surface area contributed by atoms with Crippen molar-refractivity contribution >= 4 is 11.9 Å². The number of rotatable bonds is 11. The molecule has 1 amide bonds. The van der Waals surface area contributed by atoms with Crippen molar-refractivity contribution in [2.45, 2.75) is 25.3 Å². The number of allylic oxidation sites excluding steroid dienone is 1. The number of hydrogen-bond donors (Lipinski definition) is 1. The van der Waals surface area contributed by atoms with Crippen LogP contribution in [0.25, 0.3) is 0 Å². The van der Waals surface area contributed by atoms with Crippen LogP contribution in [0.15, 0.2) is 49.1 Å². The quantitative estimate of drug-likeness (QED) is 0.423. The molecule has 1 fully saturated rings. The van der Waals surface area contributed by atoms with Crippen LogP contribution < -0.4 is 19.5 Å². The molecule has 0 heterocycles. The second-order valence-electron chi connectivity index (χ2n) is 7.60. The molecule has 7 heteroatoms. The van der Waals surface area contributed by atoms with Gasteiger partial charge in [-0.2, -0.15) is 0 Å². The normalized spacial score (nSPS) is 13.6. The Bertz CT molecular complexity index is 965. The average molecular weight is 440 g/mol. The molecule has 0 saturated heterocycles. The molecule has 3 rings (SSSR count). The fraction of sp³-hybridized carbons (Fsp3) is 0.360. The monoisotopic (exact) mass is 439 g/mol. The molecule has 0 aliphatic heterocycles. The fourth-order valence-electron chi connectivity index (χ4n) is 3.61. The van der Waals surface area contributed by atoms with Crippen LogP contribution in [0.5, 0.6) is 17.2 Å². The second-order valence-corrected chi connectivity index (χ2v) is 7.60. The highest BCUT2D eigenvalue weighted by Gasteiger charge is 2.33. The van der Waals surface area contributed by atoms with Crippen LogP contribution in [0.2, 0.25) is 0 Å². The second kappa shape index (κ2) is 10.7. The third kappa shape index (κ3) is 5.60. The average Bonchev–Trinajstić information content (AvgIpc) is 3.66. The van der Waals surface area contributed by atoms with Gasteiger partial charge in [0.15, 0.2) is 18.1 Å². The lowest BCUT2D eigenvalue weighted by atomic mass is 10.0. The molecule has 0 bridgehead atoms. The summed E-state index contributed by atoms with van der Waals surface area (Å²) in [4.78, 5) is 25.1. The van der Waals surface area contributed by atoms with Gasteiger partial charge in [-0.25, -0.2) is 4.79 Å². The highest BCUT2D eigenvalue weighted by atomic mass is 16.5. The van der Waals surface area contributed by atoms with Crippen molar-refractivity contribution in [3.63, 3.8) is 0 Å². The van der Waals surface area contributed by atoms with Gasteiger partial charge in [0, 0.05) is 5.56 Å². The number of esters is 1. The van der Waals surface area contributed by atoms with Gasteiger partial charge < -0.3 is 24.3 Å². The van der Waals surface area contributed by atoms with Crippen LogP contribution in [0.3, 0.4) is 0 Å². The van der Waals surface area contributed by atoms with E-state index in [2.05, 4.69) is 11.9 Å². The first-order valence-corrected chi connectivity index (χ1v) is 10.5. The van der Waals surface area contributed by atoms with Crippen molar-refractivity contribution in [1.82, 2.24) is 5.32 Å². The Morgan fingerprint density at radius 1 is 1.09 bits per heavy atom. The van der Waals surface area contributed by atoms with E-state index >= 15 is 0 Å². The Balaban J connectivity index is 1.65. The maximum Gasteiger partial charge on any atom is 0.338 e. The van der Waals surface area contributed by atoms with Crippen molar-refractivity contribution in [2.24, 2.45) is 5.92 Å². The van der Waals surface area contributed by atoms with Crippen molar-refractivity contribution < 1.29 is 28.5 Å². The SMILES string of the molecule is C=CCc1cc(C(=O)OCC(=O)NC(c2ccc(OC)cc2)C2CC2)cc(OC)c1OC. The van der Waals surface area contributed by atoms with E-state index in [-0.39, 0.29) is 24.1 Å². The van der Waals surface area contributed by atoms with Crippen molar-refractivity contribution in [3.8, 4) is 17.2 Å². The minimum Gasteiger partial charge on any atom is -0.497 e. The van der Waals surface area contributed by atoms with E-state index in [1.54, 1.807) is 19.3 Å². The van der Waals surface area contributed by atoms with E-state index < -0.39 is 5.97 Å². The van der Waals surface area contributed by atoms with Gasteiger partial charge in [-0.05, 0) is 55.0 Å². The van der Waals surface area contributed by atoms with Crippen LogP contribution >= 0.6 is 0 Å². The molecule has 1 N–H and O–H groups in total. The number of hydrogen-bond acceptors (Lipinski definition) is 6. The third-order valence-corrected chi connectivity index (χ3v) is 5.37. The van der Waals surface area contributed by atoms with E-state index in [9.17, 15) is 9.59 Å². The molecule has 2 aromatic rings. The Hall–Kier alpha value is -3.48. The molecule has 2 aromatic carbocycles. The highest BCUT2D eigenvalue weighted by Crippen LogP contribution is 2.41. The third-order valence-electron chi connectivity index (χ3n) is 5.37. The van der Waals surface area contributed by atoms with Gasteiger partial charge in [0.2, 0.25) is 0 Å². The van der Waals surface area contributed by atoms with E-state index in [0.29, 0.717) is 23.8 Å². The number of ether oxygens (including phenoxy) is 4. The minimum absolute atomic E-state index is 0.118. The maximum absolute atomic E-state index is 12.6. The molecule has 0 spiro atoms. The van der Waals surface area contributed by atoms with Gasteiger partial charge in [0.25, 0.3) is 5.91 Å². The maximum atomic E-state index is 12.6. The van der Waals surface area contributed by atoms with Crippen LogP contribution in [-0.2, 0) is 16.0 Å². The van der Waals surface area contributed by atoms with Gasteiger partial charge in [-0.15, -0.1) is 6.58 Å². The van der Waals surface area contributed by atoms with E-state index in [4.69, 9.17) is 18.9 Å². The summed E-state index contributed by atoms with van der Waals surface area (Å²) in [6.07, 6.45) is 4.30. The lowest BCUT2D eigenvalue weighted by molar-refractivity contribution is -0.125. The first kappa shape index (κ1) is 23.2. The van der Waals surface area contributed by atoms with Gasteiger partial charge in [0.1, 0.15) is 5.75 Å². The predicted octanol–water partition coefficient (Wildman–Crippen LogP) is 3.87. The summed E-state index contributed by atoms with van der Waals surface area (Å²) in [5, 5.41) is 3.00. The zero-order valence-electron chi connectivity index (χ0n) is 18.7. The number of nitrogens with one attached hydrogen (secondary N) is 1. The molecule has 1 saturated carbocycles. The number of amides is 1. The lowest BCUT2D eigenvalue weighted by Crippen LogP contribution is -2.33. The van der Waals surface area contributed by atoms with Gasteiger partial charge in [-0.1, -0.05) is 18.2 Å². The summed E-state index contributed by atoms with van der Waals surface area (Å²) < 4.78 is 21.2. The van der Waals surface area contributed by atoms with Crippen molar-refractivity contribution in [1.29, 1.82) is 0 Å². The number of carbonyl (C=O) groups excluding carboxylic acids is 2. The summed E-state index contributed by atoms with van der Waals surface area (Å²) in [5.74, 6) is 1.13. The van der Waals surface area contributed by atoms with Gasteiger partial charge >= 0.3 is 5.97 Å². The molecule has 7 nitrogen and oxygen atoms in total. The van der Waals surface area contributed by atoms with Crippen molar-refractivity contribution in [3.05, 3.63) is 65.7 Å². The first-order valence-electron chi connectivity index (χ1n) is 10.5. The van der Waals surface area contributed by atoms with Crippen LogP contribution in [-0.4, -0.2) is 39.8 Å². The molecule has 1 unspecified atom stereocenters. The highest BCUT2D eigenvalue weighted by molar-refractivity contribution is 5.92. The van der Waals surface area contributed by atoms with Gasteiger partial charge in [0.05, 0.1) is 32.9 Å². The van der Waals surface area contributed by atoms with E-state index in [0.717, 1.165) is 29.7 Å². The number of methoxy groups -OCH3 is 3. The Morgan fingerprint density at radius 2 is 1.81 bits per heavy atom. The van der Waals surface area contributed by atoms with Crippen LogP contribution in [0, 0.1) is 5.92 Å². The summed E-state index contributed by atoms with van der Waals surface area (Å²) in [7, 11) is 4.64. The summed E-state index contributed by atoms with van der Waals surface area (Å²) in [6, 6.07) is 10.7. The van der Waals surface area contributed by atoms with E-state index in [1.807, 2.05) is 24.3 Å². The first-order chi connectivity index (χ1) is 15.5. The number of benzene rings is 2. The molecule has 32 heavy (non-hydrogen) atoms. The summed E-state index contributed by atoms with van der Waals surface area (Å²) >= 11 is 0. The molecule has 0 radical (unpaired) electrons. The lowest BCUT2D eigenvalue weighted by Gasteiger charge is -2.19. The molecule has 0 aromatic heterocycles. The topological polar surface area (TPSA) is 83.1 Å². The Kier molecular flexibility index (Phi) is 7.76. The van der Waals surface area contributed by atoms with E-state index in [1.165, 1.54) is 20.3 Å². The molecule has 170 valence electrons. The zero-order chi connectivity index (χ0) is 23.1. The number of carbonyl (C=O) groups is 2. The van der Waals surface area contributed by atoms with Crippen molar-refractivity contribution in [2.75, 3.05) is 27.9 Å². The smallest absolute Gasteiger partial charge is 0.338 e. The molecular formula is C25H29NO6. The molecule has 1 atom stereocenters. The van der Waals surface area contributed by atoms with Gasteiger partial charge in [-0.3, -0.25) is 4.79 Å². The molecular weight excluding hydrogens is 410 g/mol. The standard InChI is InChI=1S/C25H29NO6/c1-5-6-18-13-19(14-21(30-3)24(18)31-4)25(28)32-15-22(27)26-23(16-7-8-16)17-9-11-20(29-2)12-10-17/h5,9-14,16,23H,1,6-8,15H2,2-4H3,(H,26,27). The zero-order valence-corrected chi connectivity index (χ0v) is 18.7. The Morgan fingerprint density at radius 3 is 2.38 bits per heavy atom. The molecule has 1 aliphatic rings. The molecule has 1 aliphatic carbocycles. The summed E-state index contributed by atoms with van der Waals surface area (Å²) in [5.41, 5.74) is 2.02.